The molecule has 4 rings (SSSR count). The molecule has 31 heavy (non-hydrogen) atoms. The second kappa shape index (κ2) is 9.17. The number of hydrogen-bond donors (Lipinski definition) is 1. The molecule has 1 heterocycles. The molecule has 0 atom stereocenters. The van der Waals surface area contributed by atoms with E-state index in [1.165, 1.54) is 0 Å². The van der Waals surface area contributed by atoms with Crippen LogP contribution in [0.3, 0.4) is 0 Å². The van der Waals surface area contributed by atoms with E-state index in [4.69, 9.17) is 13.9 Å². The Morgan fingerprint density at radius 2 is 1.71 bits per heavy atom. The number of aromatic nitrogens is 1. The van der Waals surface area contributed by atoms with Crippen LogP contribution >= 0.6 is 0 Å². The van der Waals surface area contributed by atoms with E-state index in [2.05, 4.69) is 10.3 Å². The van der Waals surface area contributed by atoms with Crippen molar-refractivity contribution in [3.63, 3.8) is 0 Å². The lowest BCUT2D eigenvalue weighted by Crippen LogP contribution is -2.23. The number of methoxy groups -OCH3 is 2. The second-order valence-corrected chi connectivity index (χ2v) is 6.81. The Labute approximate surface area is 180 Å². The van der Waals surface area contributed by atoms with Crippen LogP contribution in [0.15, 0.2) is 83.4 Å². The van der Waals surface area contributed by atoms with Crippen LogP contribution in [0, 0.1) is 0 Å². The Hall–Kier alpha value is -4.06. The third-order valence-corrected chi connectivity index (χ3v) is 4.88. The second-order valence-electron chi connectivity index (χ2n) is 6.81. The standard InChI is InChI=1S/C25H22N2O4/c1-29-18-12-13-21(22(14-18)30-2)23-16-27-25(31-23)20-11-7-6-10-19(20)24(28)26-15-17-8-4-3-5-9-17/h3-14,16H,15H2,1-2H3,(H,26,28). The third kappa shape index (κ3) is 4.43. The molecule has 0 saturated carbocycles. The van der Waals surface area contributed by atoms with Gasteiger partial charge in [0, 0.05) is 18.2 Å². The largest absolute Gasteiger partial charge is 0.497 e. The van der Waals surface area contributed by atoms with E-state index in [9.17, 15) is 4.79 Å². The van der Waals surface area contributed by atoms with Crippen molar-refractivity contribution in [3.05, 3.63) is 90.1 Å². The predicted octanol–water partition coefficient (Wildman–Crippen LogP) is 4.96. The molecule has 0 unspecified atom stereocenters. The maximum absolute atomic E-state index is 12.8. The number of rotatable bonds is 7. The van der Waals surface area contributed by atoms with Gasteiger partial charge in [-0.2, -0.15) is 0 Å². The first kappa shape index (κ1) is 20.2. The van der Waals surface area contributed by atoms with E-state index in [1.54, 1.807) is 32.5 Å². The van der Waals surface area contributed by atoms with E-state index >= 15 is 0 Å². The maximum Gasteiger partial charge on any atom is 0.252 e. The number of nitrogens with zero attached hydrogens (tertiary/aromatic N) is 1. The van der Waals surface area contributed by atoms with Crippen LogP contribution in [-0.2, 0) is 6.54 Å². The summed E-state index contributed by atoms with van der Waals surface area (Å²) in [6.07, 6.45) is 1.62. The number of hydrogen-bond acceptors (Lipinski definition) is 5. The van der Waals surface area contributed by atoms with Gasteiger partial charge >= 0.3 is 0 Å². The first-order chi connectivity index (χ1) is 15.2. The molecule has 1 N–H and O–H groups in total. The Morgan fingerprint density at radius 1 is 0.935 bits per heavy atom. The Kier molecular flexibility index (Phi) is 5.98. The molecule has 0 bridgehead atoms. The molecule has 0 saturated heterocycles. The molecule has 3 aromatic carbocycles. The van der Waals surface area contributed by atoms with Gasteiger partial charge in [0.15, 0.2) is 5.76 Å². The minimum Gasteiger partial charge on any atom is -0.497 e. The normalized spacial score (nSPS) is 10.5. The van der Waals surface area contributed by atoms with Gasteiger partial charge in [-0.25, -0.2) is 4.98 Å². The van der Waals surface area contributed by atoms with Gasteiger partial charge in [-0.3, -0.25) is 4.79 Å². The molecule has 1 aromatic heterocycles. The molecular formula is C25H22N2O4. The summed E-state index contributed by atoms with van der Waals surface area (Å²) in [6, 6.07) is 22.5. The highest BCUT2D eigenvalue weighted by atomic mass is 16.5. The number of carbonyl (C=O) groups is 1. The van der Waals surface area contributed by atoms with Crippen molar-refractivity contribution in [3.8, 4) is 34.3 Å². The van der Waals surface area contributed by atoms with Crippen LogP contribution in [0.25, 0.3) is 22.8 Å². The van der Waals surface area contributed by atoms with E-state index in [1.807, 2.05) is 60.7 Å². The van der Waals surface area contributed by atoms with Gasteiger partial charge in [0.2, 0.25) is 5.89 Å². The van der Waals surface area contributed by atoms with E-state index in [0.717, 1.165) is 11.1 Å². The van der Waals surface area contributed by atoms with Crippen molar-refractivity contribution in [2.24, 2.45) is 0 Å². The summed E-state index contributed by atoms with van der Waals surface area (Å²) in [4.78, 5) is 17.3. The summed E-state index contributed by atoms with van der Waals surface area (Å²) < 4.78 is 16.7. The molecular weight excluding hydrogens is 392 g/mol. The fourth-order valence-electron chi connectivity index (χ4n) is 3.27. The fraction of sp³-hybridized carbons (Fsp3) is 0.120. The van der Waals surface area contributed by atoms with Gasteiger partial charge in [-0.15, -0.1) is 0 Å². The molecule has 0 fully saturated rings. The van der Waals surface area contributed by atoms with Crippen LogP contribution in [0.1, 0.15) is 15.9 Å². The molecule has 0 radical (unpaired) electrons. The number of carbonyl (C=O) groups excluding carboxylic acids is 1. The number of benzene rings is 3. The number of amides is 1. The monoisotopic (exact) mass is 414 g/mol. The summed E-state index contributed by atoms with van der Waals surface area (Å²) >= 11 is 0. The maximum atomic E-state index is 12.8. The van der Waals surface area contributed by atoms with Gasteiger partial charge in [0.25, 0.3) is 5.91 Å². The quantitative estimate of drug-likeness (QED) is 0.463. The van der Waals surface area contributed by atoms with Crippen molar-refractivity contribution in [1.82, 2.24) is 10.3 Å². The van der Waals surface area contributed by atoms with Crippen LogP contribution in [0.5, 0.6) is 11.5 Å². The Balaban J connectivity index is 1.60. The Bertz CT molecular complexity index is 1190. The highest BCUT2D eigenvalue weighted by Crippen LogP contribution is 2.35. The van der Waals surface area contributed by atoms with E-state index in [0.29, 0.717) is 40.8 Å². The highest BCUT2D eigenvalue weighted by molar-refractivity contribution is 6.00. The van der Waals surface area contributed by atoms with E-state index in [-0.39, 0.29) is 5.91 Å². The average molecular weight is 414 g/mol. The van der Waals surface area contributed by atoms with Crippen molar-refractivity contribution in [2.45, 2.75) is 6.54 Å². The molecule has 1 amide bonds. The van der Waals surface area contributed by atoms with Gasteiger partial charge in [0.1, 0.15) is 11.5 Å². The summed E-state index contributed by atoms with van der Waals surface area (Å²) in [5.74, 6) is 1.99. The minimum atomic E-state index is -0.193. The highest BCUT2D eigenvalue weighted by Gasteiger charge is 2.18. The molecule has 6 heteroatoms. The van der Waals surface area contributed by atoms with Crippen molar-refractivity contribution in [2.75, 3.05) is 14.2 Å². The molecule has 156 valence electrons. The van der Waals surface area contributed by atoms with Crippen molar-refractivity contribution < 1.29 is 18.7 Å². The van der Waals surface area contributed by atoms with Gasteiger partial charge < -0.3 is 19.2 Å². The lowest BCUT2D eigenvalue weighted by Gasteiger charge is -2.09. The van der Waals surface area contributed by atoms with Gasteiger partial charge in [-0.1, -0.05) is 42.5 Å². The Morgan fingerprint density at radius 3 is 2.48 bits per heavy atom. The number of ether oxygens (including phenoxy) is 2. The lowest BCUT2D eigenvalue weighted by molar-refractivity contribution is 0.0951. The summed E-state index contributed by atoms with van der Waals surface area (Å²) in [7, 11) is 3.18. The zero-order valence-corrected chi connectivity index (χ0v) is 17.3. The lowest BCUT2D eigenvalue weighted by atomic mass is 10.1. The first-order valence-electron chi connectivity index (χ1n) is 9.79. The SMILES string of the molecule is COc1ccc(-c2cnc(-c3ccccc3C(=O)NCc3ccccc3)o2)c(OC)c1. The zero-order chi connectivity index (χ0) is 21.6. The van der Waals surface area contributed by atoms with Gasteiger partial charge in [0.05, 0.1) is 31.5 Å². The molecule has 0 aliphatic rings. The summed E-state index contributed by atoms with van der Waals surface area (Å²) in [5, 5.41) is 2.95. The van der Waals surface area contributed by atoms with Crippen LogP contribution < -0.4 is 14.8 Å². The topological polar surface area (TPSA) is 73.6 Å². The van der Waals surface area contributed by atoms with Crippen LogP contribution in [0.2, 0.25) is 0 Å². The van der Waals surface area contributed by atoms with E-state index < -0.39 is 0 Å². The zero-order valence-electron chi connectivity index (χ0n) is 17.3. The fourth-order valence-corrected chi connectivity index (χ4v) is 3.27. The molecule has 6 nitrogen and oxygen atoms in total. The number of nitrogens with one attached hydrogen (secondary N) is 1. The third-order valence-electron chi connectivity index (χ3n) is 4.88. The summed E-state index contributed by atoms with van der Waals surface area (Å²) in [5.41, 5.74) is 2.88. The molecule has 4 aromatic rings. The molecule has 0 spiro atoms. The smallest absolute Gasteiger partial charge is 0.252 e. The van der Waals surface area contributed by atoms with Crippen molar-refractivity contribution in [1.29, 1.82) is 0 Å². The minimum absolute atomic E-state index is 0.193. The molecule has 0 aliphatic carbocycles. The average Bonchev–Trinajstić information content (AvgIpc) is 3.32. The first-order valence-corrected chi connectivity index (χ1v) is 9.79. The van der Waals surface area contributed by atoms with Crippen LogP contribution in [-0.4, -0.2) is 25.1 Å². The number of oxazole rings is 1. The molecule has 0 aliphatic heterocycles. The van der Waals surface area contributed by atoms with Crippen molar-refractivity contribution >= 4 is 5.91 Å². The van der Waals surface area contributed by atoms with Crippen LogP contribution in [0.4, 0.5) is 0 Å². The summed E-state index contributed by atoms with van der Waals surface area (Å²) in [6.45, 7) is 0.438. The van der Waals surface area contributed by atoms with Gasteiger partial charge in [-0.05, 0) is 29.8 Å². The predicted molar refractivity (Wildman–Crippen MR) is 118 cm³/mol.